The Labute approximate surface area is 189 Å². The van der Waals surface area contributed by atoms with E-state index in [4.69, 9.17) is 18.8 Å². The minimum atomic E-state index is -5.96. The second-order valence-corrected chi connectivity index (χ2v) is 11.5. The predicted octanol–water partition coefficient (Wildman–Crippen LogP) is 3.14. The molecule has 4 saturated carbocycles. The lowest BCUT2D eigenvalue weighted by atomic mass is 9.51. The van der Waals surface area contributed by atoms with Crippen LogP contribution in [-0.4, -0.2) is 41.6 Å². The van der Waals surface area contributed by atoms with E-state index in [1.54, 1.807) is 18.2 Å². The van der Waals surface area contributed by atoms with Crippen LogP contribution in [0.1, 0.15) is 42.5 Å². The number of rotatable bonds is 3. The summed E-state index contributed by atoms with van der Waals surface area (Å²) in [5, 5.41) is -5.06. The Morgan fingerprint density at radius 3 is 2.45 bits per heavy atom. The van der Waals surface area contributed by atoms with Gasteiger partial charge < -0.3 is 14.2 Å². The van der Waals surface area contributed by atoms with Crippen LogP contribution in [-0.2, 0) is 24.4 Å². The average molecular weight is 570 g/mol. The Balaban J connectivity index is 1.45. The lowest BCUT2D eigenvalue weighted by Crippen LogP contribution is -2.69. The van der Waals surface area contributed by atoms with E-state index in [2.05, 4.69) is 22.6 Å². The number of carbonyl (C=O) groups is 2. The van der Waals surface area contributed by atoms with Gasteiger partial charge in [0.15, 0.2) is 0 Å². The van der Waals surface area contributed by atoms with Crippen molar-refractivity contribution in [2.24, 2.45) is 17.8 Å². The Bertz CT molecular complexity index is 1090. The number of benzene rings is 1. The van der Waals surface area contributed by atoms with Crippen LogP contribution in [0.15, 0.2) is 18.2 Å². The van der Waals surface area contributed by atoms with Gasteiger partial charge >= 0.3 is 27.3 Å². The number of esters is 2. The molecule has 1 aliphatic heterocycles. The van der Waals surface area contributed by atoms with E-state index in [1.807, 2.05) is 0 Å². The van der Waals surface area contributed by atoms with Crippen molar-refractivity contribution in [2.45, 2.75) is 48.7 Å². The third-order valence-corrected chi connectivity index (χ3v) is 8.31. The molecule has 1 spiro atoms. The highest BCUT2D eigenvalue weighted by atomic mass is 127. The fourth-order valence-electron chi connectivity index (χ4n) is 5.82. The van der Waals surface area contributed by atoms with Crippen molar-refractivity contribution in [1.29, 1.82) is 0 Å². The first-order valence-corrected chi connectivity index (χ1v) is 12.2. The Hall–Kier alpha value is -1.54. The van der Waals surface area contributed by atoms with Gasteiger partial charge in [-0.25, -0.2) is 9.59 Å². The first-order chi connectivity index (χ1) is 14.4. The second kappa shape index (κ2) is 6.50. The van der Waals surface area contributed by atoms with Crippen molar-refractivity contribution in [3.63, 3.8) is 0 Å². The first kappa shape index (κ1) is 21.3. The van der Waals surface area contributed by atoms with Gasteiger partial charge in [0, 0.05) is 15.4 Å². The van der Waals surface area contributed by atoms with Crippen LogP contribution in [0, 0.1) is 21.3 Å². The molecule has 8 nitrogen and oxygen atoms in total. The van der Waals surface area contributed by atoms with E-state index < -0.39 is 50.5 Å². The van der Waals surface area contributed by atoms with Crippen molar-refractivity contribution in [3.05, 3.63) is 27.3 Å². The van der Waals surface area contributed by atoms with Crippen LogP contribution in [0.3, 0.4) is 0 Å². The van der Waals surface area contributed by atoms with E-state index in [1.165, 1.54) is 0 Å². The van der Waals surface area contributed by atoms with Gasteiger partial charge in [-0.05, 0) is 78.8 Å². The van der Waals surface area contributed by atoms with E-state index in [0.29, 0.717) is 30.6 Å². The summed E-state index contributed by atoms with van der Waals surface area (Å²) < 4.78 is 76.1. The van der Waals surface area contributed by atoms with Gasteiger partial charge in [0.1, 0.15) is 16.9 Å². The maximum absolute atomic E-state index is 13.8. The van der Waals surface area contributed by atoms with Crippen LogP contribution in [0.25, 0.3) is 0 Å². The summed E-state index contributed by atoms with van der Waals surface area (Å²) in [6.07, 6.45) is 1.65. The molecule has 4 fully saturated rings. The van der Waals surface area contributed by atoms with Gasteiger partial charge in [0.2, 0.25) is 0 Å². The number of ether oxygens (including phenoxy) is 3. The van der Waals surface area contributed by atoms with Gasteiger partial charge in [-0.15, -0.1) is 0 Å². The molecule has 2 atom stereocenters. The quantitative estimate of drug-likeness (QED) is 0.335. The van der Waals surface area contributed by atoms with Crippen molar-refractivity contribution in [1.82, 2.24) is 0 Å². The summed E-state index contributed by atoms with van der Waals surface area (Å²) in [5.41, 5.74) is -1.02. The first-order valence-electron chi connectivity index (χ1n) is 9.65. The molecule has 31 heavy (non-hydrogen) atoms. The highest BCUT2D eigenvalue weighted by molar-refractivity contribution is 14.1. The van der Waals surface area contributed by atoms with Gasteiger partial charge in [-0.2, -0.15) is 17.2 Å². The number of fused-ring (bicyclic) bond motifs is 1. The molecular weight excluding hydrogens is 553 g/mol. The lowest BCUT2D eigenvalue weighted by Gasteiger charge is -2.63. The lowest BCUT2D eigenvalue weighted by molar-refractivity contribution is -0.309. The number of hydrogen-bond acceptors (Lipinski definition) is 7. The van der Waals surface area contributed by atoms with Crippen molar-refractivity contribution < 1.29 is 45.6 Å². The number of alkyl halides is 2. The standard InChI is InChI=1S/C19H17F2IO8S/c20-19(21,31(25,26)27)16(24)30-17-6-9-3-10(7-17)18(11(4-9)8-17)28-14-2-1-12(22)5-13(14)15(23)29-18/h1-2,5,9-11H,3-4,6-8H2,(H,25,26,27). The van der Waals surface area contributed by atoms with Crippen LogP contribution < -0.4 is 4.74 Å². The van der Waals surface area contributed by atoms with Crippen LogP contribution in [0.2, 0.25) is 0 Å². The fourth-order valence-corrected chi connectivity index (χ4v) is 6.56. The van der Waals surface area contributed by atoms with Gasteiger partial charge in [-0.1, -0.05) is 0 Å². The topological polar surface area (TPSA) is 116 Å². The van der Waals surface area contributed by atoms with E-state index >= 15 is 0 Å². The zero-order chi connectivity index (χ0) is 22.4. The molecule has 4 aliphatic carbocycles. The SMILES string of the molecule is O=C1OC2(Oc3ccc(I)cc31)C1CC3CC2CC(OC(=O)C(F)(F)S(=O)(=O)O)(C3)C1. The van der Waals surface area contributed by atoms with Crippen LogP contribution >= 0.6 is 22.6 Å². The summed E-state index contributed by atoms with van der Waals surface area (Å²) in [4.78, 5) is 24.7. The monoisotopic (exact) mass is 570 g/mol. The van der Waals surface area contributed by atoms with Crippen LogP contribution in [0.4, 0.5) is 8.78 Å². The van der Waals surface area contributed by atoms with E-state index in [-0.39, 0.29) is 18.8 Å². The highest BCUT2D eigenvalue weighted by Crippen LogP contribution is 2.63. The molecule has 5 aliphatic rings. The maximum Gasteiger partial charge on any atom is 0.465 e. The molecule has 0 radical (unpaired) electrons. The van der Waals surface area contributed by atoms with Gasteiger partial charge in [0.25, 0.3) is 5.79 Å². The smallest absolute Gasteiger partial charge is 0.454 e. The largest absolute Gasteiger partial charge is 0.465 e. The molecule has 1 aromatic rings. The predicted molar refractivity (Wildman–Crippen MR) is 107 cm³/mol. The number of hydrogen-bond donors (Lipinski definition) is 1. The summed E-state index contributed by atoms with van der Waals surface area (Å²) in [7, 11) is -5.96. The highest BCUT2D eigenvalue weighted by Gasteiger charge is 2.69. The van der Waals surface area contributed by atoms with Crippen LogP contribution in [0.5, 0.6) is 5.75 Å². The molecule has 4 bridgehead atoms. The molecule has 168 valence electrons. The molecule has 0 amide bonds. The minimum Gasteiger partial charge on any atom is -0.454 e. The molecular formula is C19H17F2IO8S. The number of carbonyl (C=O) groups excluding carboxylic acids is 2. The van der Waals surface area contributed by atoms with Crippen molar-refractivity contribution in [2.75, 3.05) is 0 Å². The Kier molecular flexibility index (Phi) is 4.47. The molecule has 1 heterocycles. The Morgan fingerprint density at radius 1 is 1.19 bits per heavy atom. The maximum atomic E-state index is 13.8. The summed E-state index contributed by atoms with van der Waals surface area (Å²) >= 11 is 2.07. The molecule has 12 heteroatoms. The molecule has 0 aromatic heterocycles. The average Bonchev–Trinajstić information content (AvgIpc) is 2.65. The summed E-state index contributed by atoms with van der Waals surface area (Å²) in [6.45, 7) is 0. The van der Waals surface area contributed by atoms with Crippen molar-refractivity contribution in [3.8, 4) is 5.75 Å². The molecule has 1 aromatic carbocycles. The third kappa shape index (κ3) is 3.08. The molecule has 6 rings (SSSR count). The molecule has 2 unspecified atom stereocenters. The zero-order valence-corrected chi connectivity index (χ0v) is 18.8. The van der Waals surface area contributed by atoms with Gasteiger partial charge in [-0.3, -0.25) is 4.55 Å². The zero-order valence-electron chi connectivity index (χ0n) is 15.8. The number of halogens is 3. The Morgan fingerprint density at radius 2 is 1.84 bits per heavy atom. The van der Waals surface area contributed by atoms with E-state index in [0.717, 1.165) is 3.57 Å². The molecule has 0 saturated heterocycles. The van der Waals surface area contributed by atoms with E-state index in [9.17, 15) is 26.8 Å². The minimum absolute atomic E-state index is 0.0238. The summed E-state index contributed by atoms with van der Waals surface area (Å²) in [5.74, 6) is -4.54. The fraction of sp³-hybridized carbons (Fsp3) is 0.579. The normalized spacial score (nSPS) is 36.0. The van der Waals surface area contributed by atoms with Crippen molar-refractivity contribution >= 4 is 44.6 Å². The van der Waals surface area contributed by atoms with Gasteiger partial charge in [0.05, 0.1) is 0 Å². The second-order valence-electron chi connectivity index (χ2n) is 8.76. The third-order valence-electron chi connectivity index (χ3n) is 6.83. The summed E-state index contributed by atoms with van der Waals surface area (Å²) in [6, 6.07) is 5.14. The molecule has 1 N–H and O–H groups in total.